The van der Waals surface area contributed by atoms with Crippen molar-refractivity contribution in [2.75, 3.05) is 59.9 Å². The molecule has 0 aliphatic carbocycles. The molecule has 1 rings (SSSR count). The zero-order valence-corrected chi connectivity index (χ0v) is 12.4. The summed E-state index contributed by atoms with van der Waals surface area (Å²) in [5, 5.41) is 6.37. The van der Waals surface area contributed by atoms with Crippen LogP contribution in [0.5, 0.6) is 0 Å². The first kappa shape index (κ1) is 15.2. The molecular weight excluding hydrogens is 226 g/mol. The Kier molecular flexibility index (Phi) is 7.05. The molecule has 1 fully saturated rings. The minimum absolute atomic E-state index is 0.642. The largest absolute Gasteiger partial charge is 0.359 e. The van der Waals surface area contributed by atoms with Gasteiger partial charge >= 0.3 is 0 Å². The minimum Gasteiger partial charge on any atom is -0.359 e. The van der Waals surface area contributed by atoms with Crippen molar-refractivity contribution in [3.05, 3.63) is 0 Å². The Balaban J connectivity index is 2.18. The maximum atomic E-state index is 4.12. The van der Waals surface area contributed by atoms with Crippen molar-refractivity contribution < 1.29 is 0 Å². The second kappa shape index (κ2) is 8.32. The predicted molar refractivity (Wildman–Crippen MR) is 78.1 cm³/mol. The average molecular weight is 255 g/mol. The summed E-state index contributed by atoms with van der Waals surface area (Å²) in [4.78, 5) is 9.21. The predicted octanol–water partition coefficient (Wildman–Crippen LogP) is 0.0548. The molecule has 0 amide bonds. The molecule has 18 heavy (non-hydrogen) atoms. The zero-order valence-electron chi connectivity index (χ0n) is 12.4. The van der Waals surface area contributed by atoms with Gasteiger partial charge in [-0.25, -0.2) is 0 Å². The van der Waals surface area contributed by atoms with Crippen LogP contribution in [0.3, 0.4) is 0 Å². The van der Waals surface area contributed by atoms with Gasteiger partial charge in [-0.1, -0.05) is 13.8 Å². The Morgan fingerprint density at radius 1 is 1.22 bits per heavy atom. The smallest absolute Gasteiger partial charge is 0.190 e. The molecule has 0 spiro atoms. The van der Waals surface area contributed by atoms with Gasteiger partial charge in [0.2, 0.25) is 0 Å². The Morgan fingerprint density at radius 2 is 1.83 bits per heavy atom. The fraction of sp³-hybridized carbons (Fsp3) is 0.923. The summed E-state index contributed by atoms with van der Waals surface area (Å²) in [6.07, 6.45) is 0. The lowest BCUT2D eigenvalue weighted by atomic mass is 10.1. The van der Waals surface area contributed by atoms with Crippen LogP contribution in [0.15, 0.2) is 4.99 Å². The third kappa shape index (κ3) is 5.23. The van der Waals surface area contributed by atoms with Crippen molar-refractivity contribution in [1.29, 1.82) is 0 Å². The molecule has 0 saturated carbocycles. The van der Waals surface area contributed by atoms with Gasteiger partial charge in [-0.15, -0.1) is 0 Å². The number of guanidine groups is 1. The maximum Gasteiger partial charge on any atom is 0.190 e. The molecule has 0 unspecified atom stereocenters. The van der Waals surface area contributed by atoms with Crippen molar-refractivity contribution in [3.8, 4) is 0 Å². The number of aliphatic imine (C=N–C) groups is 1. The molecule has 5 nitrogen and oxygen atoms in total. The van der Waals surface area contributed by atoms with Crippen LogP contribution in [0, 0.1) is 5.92 Å². The monoisotopic (exact) mass is 255 g/mol. The number of piperazine rings is 1. The van der Waals surface area contributed by atoms with E-state index in [0.29, 0.717) is 5.92 Å². The molecule has 0 aromatic carbocycles. The maximum absolute atomic E-state index is 4.12. The summed E-state index contributed by atoms with van der Waals surface area (Å²) in [6.45, 7) is 12.7. The van der Waals surface area contributed by atoms with Gasteiger partial charge in [0.15, 0.2) is 5.96 Å². The van der Waals surface area contributed by atoms with Crippen LogP contribution in [-0.2, 0) is 0 Å². The standard InChI is InChI=1S/C13H29N5/c1-5-17-6-8-18(9-7-17)11-12(2)10-16-13(14-3)15-4/h12H,5-11H2,1-4H3,(H2,14,15,16)/t12-/m0/s1. The third-order valence-electron chi connectivity index (χ3n) is 3.56. The summed E-state index contributed by atoms with van der Waals surface area (Å²) in [6, 6.07) is 0. The highest BCUT2D eigenvalue weighted by Crippen LogP contribution is 2.04. The first-order valence-corrected chi connectivity index (χ1v) is 7.02. The lowest BCUT2D eigenvalue weighted by molar-refractivity contribution is 0.124. The van der Waals surface area contributed by atoms with Gasteiger partial charge in [0, 0.05) is 53.4 Å². The first-order valence-electron chi connectivity index (χ1n) is 7.02. The average Bonchev–Trinajstić information content (AvgIpc) is 2.41. The van der Waals surface area contributed by atoms with Crippen molar-refractivity contribution in [2.24, 2.45) is 10.9 Å². The quantitative estimate of drug-likeness (QED) is 0.538. The van der Waals surface area contributed by atoms with E-state index in [9.17, 15) is 0 Å². The summed E-state index contributed by atoms with van der Waals surface area (Å²) in [5.74, 6) is 1.51. The van der Waals surface area contributed by atoms with Gasteiger partial charge in [0.25, 0.3) is 0 Å². The van der Waals surface area contributed by atoms with Crippen molar-refractivity contribution >= 4 is 5.96 Å². The summed E-state index contributed by atoms with van der Waals surface area (Å²) >= 11 is 0. The van der Waals surface area contributed by atoms with E-state index < -0.39 is 0 Å². The van der Waals surface area contributed by atoms with Crippen LogP contribution < -0.4 is 10.6 Å². The van der Waals surface area contributed by atoms with Gasteiger partial charge in [0.05, 0.1) is 0 Å². The molecular formula is C13H29N5. The molecule has 1 aliphatic heterocycles. The highest BCUT2D eigenvalue weighted by atomic mass is 15.3. The number of nitrogens with one attached hydrogen (secondary N) is 2. The number of rotatable bonds is 5. The van der Waals surface area contributed by atoms with Crippen LogP contribution in [0.1, 0.15) is 13.8 Å². The van der Waals surface area contributed by atoms with Crippen molar-refractivity contribution in [1.82, 2.24) is 20.4 Å². The topological polar surface area (TPSA) is 42.9 Å². The lowest BCUT2D eigenvalue weighted by Gasteiger charge is -2.35. The molecule has 0 radical (unpaired) electrons. The molecule has 2 N–H and O–H groups in total. The summed E-state index contributed by atoms with van der Waals surface area (Å²) in [5.41, 5.74) is 0. The molecule has 106 valence electrons. The van der Waals surface area contributed by atoms with Gasteiger partial charge in [-0.05, 0) is 12.5 Å². The molecule has 5 heteroatoms. The Bertz CT molecular complexity index is 246. The molecule has 0 bridgehead atoms. The van der Waals surface area contributed by atoms with E-state index in [2.05, 4.69) is 39.3 Å². The number of hydrogen-bond donors (Lipinski definition) is 2. The van der Waals surface area contributed by atoms with Gasteiger partial charge in [-0.3, -0.25) is 4.99 Å². The van der Waals surface area contributed by atoms with E-state index in [0.717, 1.165) is 12.5 Å². The molecule has 1 aliphatic rings. The van der Waals surface area contributed by atoms with Gasteiger partial charge in [0.1, 0.15) is 0 Å². The minimum atomic E-state index is 0.642. The van der Waals surface area contributed by atoms with Crippen LogP contribution in [-0.4, -0.2) is 75.7 Å². The van der Waals surface area contributed by atoms with E-state index in [4.69, 9.17) is 0 Å². The van der Waals surface area contributed by atoms with Crippen molar-refractivity contribution in [2.45, 2.75) is 13.8 Å². The molecule has 1 saturated heterocycles. The molecule has 1 heterocycles. The summed E-state index contributed by atoms with van der Waals surface area (Å²) < 4.78 is 0. The third-order valence-corrected chi connectivity index (χ3v) is 3.56. The number of likely N-dealkylation sites (N-methyl/N-ethyl adjacent to an activating group) is 1. The van der Waals surface area contributed by atoms with E-state index in [-0.39, 0.29) is 0 Å². The van der Waals surface area contributed by atoms with E-state index in [1.807, 2.05) is 7.05 Å². The van der Waals surface area contributed by atoms with Crippen LogP contribution in [0.4, 0.5) is 0 Å². The highest BCUT2D eigenvalue weighted by molar-refractivity contribution is 5.79. The Morgan fingerprint density at radius 3 is 2.33 bits per heavy atom. The van der Waals surface area contributed by atoms with E-state index in [1.54, 1.807) is 7.05 Å². The fourth-order valence-corrected chi connectivity index (χ4v) is 2.34. The SMILES string of the molecule is CCN1CCN(C[C@@H](C)CNC(=NC)NC)CC1. The van der Waals surface area contributed by atoms with Crippen molar-refractivity contribution in [3.63, 3.8) is 0 Å². The summed E-state index contributed by atoms with van der Waals surface area (Å²) in [7, 11) is 3.69. The van der Waals surface area contributed by atoms with Gasteiger partial charge < -0.3 is 20.4 Å². The Hall–Kier alpha value is -0.810. The normalized spacial score (nSPS) is 20.8. The second-order valence-electron chi connectivity index (χ2n) is 5.04. The van der Waals surface area contributed by atoms with E-state index in [1.165, 1.54) is 39.3 Å². The number of nitrogens with zero attached hydrogens (tertiary/aromatic N) is 3. The highest BCUT2D eigenvalue weighted by Gasteiger charge is 2.17. The van der Waals surface area contributed by atoms with Crippen LogP contribution in [0.25, 0.3) is 0 Å². The fourth-order valence-electron chi connectivity index (χ4n) is 2.34. The zero-order chi connectivity index (χ0) is 13.4. The van der Waals surface area contributed by atoms with E-state index >= 15 is 0 Å². The van der Waals surface area contributed by atoms with Crippen LogP contribution in [0.2, 0.25) is 0 Å². The van der Waals surface area contributed by atoms with Gasteiger partial charge in [-0.2, -0.15) is 0 Å². The first-order chi connectivity index (χ1) is 8.69. The molecule has 0 aromatic heterocycles. The lowest BCUT2D eigenvalue weighted by Crippen LogP contribution is -2.48. The van der Waals surface area contributed by atoms with Crippen LogP contribution >= 0.6 is 0 Å². The second-order valence-corrected chi connectivity index (χ2v) is 5.04. The molecule has 1 atom stereocenters. The Labute approximate surface area is 112 Å². The molecule has 0 aromatic rings. The number of hydrogen-bond acceptors (Lipinski definition) is 3.